The first-order chi connectivity index (χ1) is 9.79. The van der Waals surface area contributed by atoms with E-state index in [1.165, 1.54) is 0 Å². The second kappa shape index (κ2) is 10.1. The van der Waals surface area contributed by atoms with Gasteiger partial charge in [0.2, 0.25) is 11.8 Å². The normalized spacial score (nSPS) is 13.6. The van der Waals surface area contributed by atoms with Gasteiger partial charge in [-0.1, -0.05) is 20.3 Å². The van der Waals surface area contributed by atoms with E-state index in [1.807, 2.05) is 0 Å². The van der Waals surface area contributed by atoms with Crippen molar-refractivity contribution < 1.29 is 19.5 Å². The van der Waals surface area contributed by atoms with E-state index in [9.17, 15) is 14.4 Å². The van der Waals surface area contributed by atoms with Crippen molar-refractivity contribution in [3.63, 3.8) is 0 Å². The minimum absolute atomic E-state index is 0.181. The van der Waals surface area contributed by atoms with Crippen LogP contribution in [0, 0.1) is 5.92 Å². The van der Waals surface area contributed by atoms with Crippen molar-refractivity contribution in [1.29, 1.82) is 0 Å². The summed E-state index contributed by atoms with van der Waals surface area (Å²) >= 11 is 0. The Kier molecular flexibility index (Phi) is 9.31. The summed E-state index contributed by atoms with van der Waals surface area (Å²) in [6, 6.07) is -1.51. The Morgan fingerprint density at radius 3 is 2.24 bits per heavy atom. The molecule has 8 heteroatoms. The van der Waals surface area contributed by atoms with Crippen LogP contribution in [0.15, 0.2) is 0 Å². The number of rotatable bonds is 10. The number of carboxylic acid groups (broad SMARTS) is 1. The lowest BCUT2D eigenvalue weighted by Crippen LogP contribution is -2.54. The molecule has 0 heterocycles. The second-order valence-electron chi connectivity index (χ2n) is 5.23. The minimum Gasteiger partial charge on any atom is -0.480 e. The first-order valence-corrected chi connectivity index (χ1v) is 7.05. The highest BCUT2D eigenvalue weighted by Gasteiger charge is 2.26. The third kappa shape index (κ3) is 8.26. The molecule has 2 amide bonds. The first-order valence-electron chi connectivity index (χ1n) is 7.05. The molecule has 0 aliphatic rings. The van der Waals surface area contributed by atoms with E-state index < -0.39 is 36.4 Å². The maximum atomic E-state index is 11.9. The van der Waals surface area contributed by atoms with Gasteiger partial charge in [-0.25, -0.2) is 0 Å². The van der Waals surface area contributed by atoms with Gasteiger partial charge >= 0.3 is 5.97 Å². The molecule has 0 aliphatic carbocycles. The fraction of sp³-hybridized carbons (Fsp3) is 0.769. The Morgan fingerprint density at radius 2 is 1.76 bits per heavy atom. The molecule has 122 valence electrons. The number of nitrogens with one attached hydrogen (secondary N) is 2. The molecule has 0 aromatic carbocycles. The molecular formula is C13H26N4O4. The number of unbranched alkanes of at least 4 members (excludes halogenated alkanes) is 1. The summed E-state index contributed by atoms with van der Waals surface area (Å²) in [5.74, 6) is -2.28. The van der Waals surface area contributed by atoms with Crippen LogP contribution < -0.4 is 22.1 Å². The molecule has 0 rings (SSSR count). The number of nitrogens with two attached hydrogens (primary N) is 2. The maximum Gasteiger partial charge on any atom is 0.322 e. The summed E-state index contributed by atoms with van der Waals surface area (Å²) in [4.78, 5) is 34.2. The first kappa shape index (κ1) is 19.3. The van der Waals surface area contributed by atoms with Gasteiger partial charge in [-0.2, -0.15) is 0 Å². The number of carbonyl (C=O) groups excluding carboxylic acids is 2. The van der Waals surface area contributed by atoms with Crippen LogP contribution in [-0.4, -0.2) is 48.1 Å². The van der Waals surface area contributed by atoms with Gasteiger partial charge in [0.05, 0.1) is 6.04 Å². The van der Waals surface area contributed by atoms with Crippen LogP contribution in [0.5, 0.6) is 0 Å². The standard InChI is InChI=1S/C13H26N4O4/c1-8(2)11(13(21)16-7-10(18)19)17-12(20)9(15)5-3-4-6-14/h8-9,11H,3-7,14-15H2,1-2H3,(H,16,21)(H,17,20)(H,18,19). The van der Waals surface area contributed by atoms with Crippen molar-refractivity contribution in [2.75, 3.05) is 13.1 Å². The van der Waals surface area contributed by atoms with Crippen LogP contribution in [0.25, 0.3) is 0 Å². The molecule has 0 bridgehead atoms. The van der Waals surface area contributed by atoms with Gasteiger partial charge in [-0.3, -0.25) is 14.4 Å². The van der Waals surface area contributed by atoms with E-state index in [0.29, 0.717) is 13.0 Å². The van der Waals surface area contributed by atoms with E-state index in [2.05, 4.69) is 10.6 Å². The fourth-order valence-electron chi connectivity index (χ4n) is 1.71. The summed E-state index contributed by atoms with van der Waals surface area (Å²) in [6.07, 6.45) is 2.01. The summed E-state index contributed by atoms with van der Waals surface area (Å²) in [7, 11) is 0. The Bertz CT molecular complexity index is 360. The molecule has 8 nitrogen and oxygen atoms in total. The second-order valence-corrected chi connectivity index (χ2v) is 5.23. The highest BCUT2D eigenvalue weighted by atomic mass is 16.4. The Balaban J connectivity index is 4.44. The van der Waals surface area contributed by atoms with E-state index in [4.69, 9.17) is 16.6 Å². The molecule has 0 fully saturated rings. The SMILES string of the molecule is CC(C)C(NC(=O)C(N)CCCCN)C(=O)NCC(=O)O. The van der Waals surface area contributed by atoms with E-state index in [0.717, 1.165) is 12.8 Å². The van der Waals surface area contributed by atoms with Crippen molar-refractivity contribution in [2.24, 2.45) is 17.4 Å². The zero-order chi connectivity index (χ0) is 16.4. The molecule has 0 radical (unpaired) electrons. The van der Waals surface area contributed by atoms with Gasteiger partial charge in [0.25, 0.3) is 0 Å². The van der Waals surface area contributed by atoms with Gasteiger partial charge in [0.1, 0.15) is 12.6 Å². The highest BCUT2D eigenvalue weighted by Crippen LogP contribution is 2.04. The Hall–Kier alpha value is -1.67. The molecule has 0 aromatic rings. The number of carboxylic acids is 1. The van der Waals surface area contributed by atoms with Crippen LogP contribution in [0.2, 0.25) is 0 Å². The van der Waals surface area contributed by atoms with Crippen molar-refractivity contribution in [2.45, 2.75) is 45.2 Å². The zero-order valence-electron chi connectivity index (χ0n) is 12.6. The summed E-state index contributed by atoms with van der Waals surface area (Å²) in [5, 5.41) is 13.4. The molecule has 21 heavy (non-hydrogen) atoms. The average molecular weight is 302 g/mol. The summed E-state index contributed by atoms with van der Waals surface area (Å²) in [5.41, 5.74) is 11.1. The van der Waals surface area contributed by atoms with E-state index >= 15 is 0 Å². The predicted octanol–water partition coefficient (Wildman–Crippen LogP) is -1.22. The summed E-state index contributed by atoms with van der Waals surface area (Å²) < 4.78 is 0. The number of hydrogen-bond acceptors (Lipinski definition) is 5. The lowest BCUT2D eigenvalue weighted by atomic mass is 10.0. The minimum atomic E-state index is -1.14. The maximum absolute atomic E-state index is 11.9. The van der Waals surface area contributed by atoms with Crippen molar-refractivity contribution >= 4 is 17.8 Å². The van der Waals surface area contributed by atoms with Gasteiger partial charge in [0.15, 0.2) is 0 Å². The van der Waals surface area contributed by atoms with Crippen LogP contribution in [-0.2, 0) is 14.4 Å². The number of carbonyl (C=O) groups is 3. The molecule has 0 aliphatic heterocycles. The average Bonchev–Trinajstić information content (AvgIpc) is 2.41. The monoisotopic (exact) mass is 302 g/mol. The summed E-state index contributed by atoms with van der Waals surface area (Å²) in [6.45, 7) is 3.57. The van der Waals surface area contributed by atoms with E-state index in [1.54, 1.807) is 13.8 Å². The molecule has 2 unspecified atom stereocenters. The van der Waals surface area contributed by atoms with Crippen LogP contribution in [0.1, 0.15) is 33.1 Å². The number of amides is 2. The molecular weight excluding hydrogens is 276 g/mol. The smallest absolute Gasteiger partial charge is 0.322 e. The molecule has 0 aromatic heterocycles. The van der Waals surface area contributed by atoms with Crippen LogP contribution >= 0.6 is 0 Å². The van der Waals surface area contributed by atoms with Gasteiger partial charge < -0.3 is 27.2 Å². The zero-order valence-corrected chi connectivity index (χ0v) is 12.6. The van der Waals surface area contributed by atoms with Gasteiger partial charge in [0, 0.05) is 0 Å². The van der Waals surface area contributed by atoms with Crippen molar-refractivity contribution in [3.05, 3.63) is 0 Å². The van der Waals surface area contributed by atoms with E-state index in [-0.39, 0.29) is 5.92 Å². The lowest BCUT2D eigenvalue weighted by Gasteiger charge is -2.23. The Morgan fingerprint density at radius 1 is 1.14 bits per heavy atom. The lowest BCUT2D eigenvalue weighted by molar-refractivity contribution is -0.138. The number of aliphatic carboxylic acids is 1. The highest BCUT2D eigenvalue weighted by molar-refractivity contribution is 5.91. The fourth-order valence-corrected chi connectivity index (χ4v) is 1.71. The largest absolute Gasteiger partial charge is 0.480 e. The molecule has 2 atom stereocenters. The van der Waals surface area contributed by atoms with Crippen LogP contribution in [0.3, 0.4) is 0 Å². The van der Waals surface area contributed by atoms with Crippen LogP contribution in [0.4, 0.5) is 0 Å². The molecule has 0 spiro atoms. The quantitative estimate of drug-likeness (QED) is 0.320. The van der Waals surface area contributed by atoms with Crippen molar-refractivity contribution in [1.82, 2.24) is 10.6 Å². The topological polar surface area (TPSA) is 148 Å². The predicted molar refractivity (Wildman–Crippen MR) is 78.3 cm³/mol. The van der Waals surface area contributed by atoms with Gasteiger partial charge in [-0.15, -0.1) is 0 Å². The third-order valence-electron chi connectivity index (χ3n) is 2.97. The number of hydrogen-bond donors (Lipinski definition) is 5. The third-order valence-corrected chi connectivity index (χ3v) is 2.97. The molecule has 0 saturated heterocycles. The molecule has 0 saturated carbocycles. The van der Waals surface area contributed by atoms with Gasteiger partial charge in [-0.05, 0) is 25.3 Å². The van der Waals surface area contributed by atoms with Crippen molar-refractivity contribution in [3.8, 4) is 0 Å². The Labute approximate surface area is 124 Å². The molecule has 7 N–H and O–H groups in total.